The highest BCUT2D eigenvalue weighted by Crippen LogP contribution is 2.31. The number of nitrogens with two attached hydrogens (primary N) is 1. The fourth-order valence-electron chi connectivity index (χ4n) is 2.51. The van der Waals surface area contributed by atoms with E-state index in [1.165, 1.54) is 11.0 Å². The number of hydrogen-bond acceptors (Lipinski definition) is 3. The Labute approximate surface area is 151 Å². The summed E-state index contributed by atoms with van der Waals surface area (Å²) in [5, 5.41) is 2.49. The molecule has 2 amide bonds. The van der Waals surface area contributed by atoms with Crippen molar-refractivity contribution in [2.24, 2.45) is 11.7 Å². The first-order valence-electron chi connectivity index (χ1n) is 8.48. The van der Waals surface area contributed by atoms with Gasteiger partial charge < -0.3 is 16.0 Å². The largest absolute Gasteiger partial charge is 0.416 e. The molecule has 1 unspecified atom stereocenters. The number of carbonyl (C=O) groups is 2. The summed E-state index contributed by atoms with van der Waals surface area (Å²) in [6, 6.07) is 3.60. The average Bonchev–Trinajstić information content (AvgIpc) is 2.58. The molecule has 0 aliphatic carbocycles. The Bertz CT molecular complexity index is 632. The van der Waals surface area contributed by atoms with Crippen LogP contribution in [0.2, 0.25) is 0 Å². The molecule has 0 bridgehead atoms. The Morgan fingerprint density at radius 2 is 1.85 bits per heavy atom. The molecule has 5 nitrogen and oxygen atoms in total. The normalized spacial score (nSPS) is 14.0. The van der Waals surface area contributed by atoms with Crippen molar-refractivity contribution in [1.29, 1.82) is 0 Å². The summed E-state index contributed by atoms with van der Waals surface area (Å²) >= 11 is 0. The summed E-state index contributed by atoms with van der Waals surface area (Å²) in [5.41, 5.74) is 5.33. The van der Waals surface area contributed by atoms with E-state index >= 15 is 0 Å². The highest BCUT2D eigenvalue weighted by Gasteiger charge is 2.31. The quantitative estimate of drug-likeness (QED) is 0.772. The van der Waals surface area contributed by atoms with Crippen molar-refractivity contribution in [2.45, 2.75) is 46.0 Å². The van der Waals surface area contributed by atoms with Gasteiger partial charge in [0.05, 0.1) is 24.2 Å². The van der Waals surface area contributed by atoms with Crippen LogP contribution in [-0.2, 0) is 15.8 Å². The molecule has 1 aromatic rings. The van der Waals surface area contributed by atoms with Gasteiger partial charge in [-0.05, 0) is 37.5 Å². The molecule has 146 valence electrons. The number of rotatable bonds is 7. The molecule has 0 radical (unpaired) electrons. The molecule has 3 N–H and O–H groups in total. The lowest BCUT2D eigenvalue weighted by Gasteiger charge is -2.29. The van der Waals surface area contributed by atoms with E-state index in [1.54, 1.807) is 33.8 Å². The first-order valence-corrected chi connectivity index (χ1v) is 8.48. The summed E-state index contributed by atoms with van der Waals surface area (Å²) in [4.78, 5) is 25.7. The fraction of sp³-hybridized carbons (Fsp3) is 0.556. The number of nitrogens with zero attached hydrogens (tertiary/aromatic N) is 1. The minimum atomic E-state index is -4.45. The summed E-state index contributed by atoms with van der Waals surface area (Å²) in [5.74, 6) is -0.894. The van der Waals surface area contributed by atoms with E-state index in [-0.39, 0.29) is 18.4 Å². The van der Waals surface area contributed by atoms with E-state index in [0.717, 1.165) is 12.1 Å². The highest BCUT2D eigenvalue weighted by molar-refractivity contribution is 5.87. The van der Waals surface area contributed by atoms with Gasteiger partial charge in [0, 0.05) is 6.54 Å². The second-order valence-electron chi connectivity index (χ2n) is 6.47. The Balaban J connectivity index is 2.84. The Morgan fingerprint density at radius 1 is 1.23 bits per heavy atom. The number of nitrogens with one attached hydrogen (secondary N) is 1. The van der Waals surface area contributed by atoms with Crippen LogP contribution in [0.5, 0.6) is 0 Å². The molecule has 0 aliphatic rings. The molecule has 0 fully saturated rings. The zero-order valence-electron chi connectivity index (χ0n) is 15.4. The second kappa shape index (κ2) is 9.02. The zero-order valence-corrected chi connectivity index (χ0v) is 15.4. The Kier molecular flexibility index (Phi) is 7.62. The van der Waals surface area contributed by atoms with Crippen molar-refractivity contribution in [2.75, 3.05) is 13.1 Å². The summed E-state index contributed by atoms with van der Waals surface area (Å²) in [6.45, 7) is 7.00. The maximum Gasteiger partial charge on any atom is 0.416 e. The molecule has 0 saturated carbocycles. The molecule has 8 heteroatoms. The maximum atomic E-state index is 12.9. The standard InChI is InChI=1S/C18H26F3N3O2/c1-5-24(15(25)10-23-17(26)16(22)11(2)3)12(4)13-7-6-8-14(9-13)18(19,20)21/h6-9,11-12,16H,5,10,22H2,1-4H3,(H,23,26)/t12?,16-/m0/s1. The molecule has 26 heavy (non-hydrogen) atoms. The van der Waals surface area contributed by atoms with Crippen LogP contribution in [0.25, 0.3) is 0 Å². The van der Waals surface area contributed by atoms with Crippen molar-refractivity contribution in [3.05, 3.63) is 35.4 Å². The number of likely N-dealkylation sites (N-methyl/N-ethyl adjacent to an activating group) is 1. The van der Waals surface area contributed by atoms with Crippen LogP contribution in [-0.4, -0.2) is 35.8 Å². The van der Waals surface area contributed by atoms with Crippen LogP contribution in [0.4, 0.5) is 13.2 Å². The van der Waals surface area contributed by atoms with E-state index < -0.39 is 29.7 Å². The summed E-state index contributed by atoms with van der Waals surface area (Å²) < 4.78 is 38.7. The number of amides is 2. The van der Waals surface area contributed by atoms with E-state index in [0.29, 0.717) is 12.1 Å². The number of carbonyl (C=O) groups excluding carboxylic acids is 2. The predicted molar refractivity (Wildman–Crippen MR) is 93.1 cm³/mol. The van der Waals surface area contributed by atoms with Crippen LogP contribution in [0.15, 0.2) is 24.3 Å². The number of hydrogen-bond donors (Lipinski definition) is 2. The average molecular weight is 373 g/mol. The topological polar surface area (TPSA) is 75.4 Å². The molecule has 0 aromatic heterocycles. The van der Waals surface area contributed by atoms with E-state index in [4.69, 9.17) is 5.73 Å². The highest BCUT2D eigenvalue weighted by atomic mass is 19.4. The molecule has 0 saturated heterocycles. The molecule has 1 rings (SSSR count). The van der Waals surface area contributed by atoms with Gasteiger partial charge in [0.15, 0.2) is 0 Å². The van der Waals surface area contributed by atoms with Gasteiger partial charge in [0.2, 0.25) is 11.8 Å². The SMILES string of the molecule is CCN(C(=O)CNC(=O)[C@@H](N)C(C)C)C(C)c1cccc(C(F)(F)F)c1. The number of alkyl halides is 3. The van der Waals surface area contributed by atoms with Crippen LogP contribution in [0, 0.1) is 5.92 Å². The van der Waals surface area contributed by atoms with E-state index in [9.17, 15) is 22.8 Å². The van der Waals surface area contributed by atoms with Crippen LogP contribution in [0.3, 0.4) is 0 Å². The Morgan fingerprint density at radius 3 is 2.35 bits per heavy atom. The molecule has 0 heterocycles. The summed E-state index contributed by atoms with van der Waals surface area (Å²) in [7, 11) is 0. The van der Waals surface area contributed by atoms with Gasteiger partial charge in [-0.3, -0.25) is 9.59 Å². The lowest BCUT2D eigenvalue weighted by molar-refractivity contribution is -0.137. The first-order chi connectivity index (χ1) is 12.0. The van der Waals surface area contributed by atoms with Crippen LogP contribution >= 0.6 is 0 Å². The monoisotopic (exact) mass is 373 g/mol. The van der Waals surface area contributed by atoms with Gasteiger partial charge in [0.25, 0.3) is 0 Å². The minimum absolute atomic E-state index is 0.0728. The first kappa shape index (κ1) is 22.0. The van der Waals surface area contributed by atoms with Crippen LogP contribution in [0.1, 0.15) is 44.9 Å². The van der Waals surface area contributed by atoms with Gasteiger partial charge in [0.1, 0.15) is 0 Å². The molecule has 2 atom stereocenters. The molecule has 0 aliphatic heterocycles. The predicted octanol–water partition coefficient (Wildman–Crippen LogP) is 2.71. The van der Waals surface area contributed by atoms with Crippen molar-refractivity contribution < 1.29 is 22.8 Å². The molecule has 1 aromatic carbocycles. The smallest absolute Gasteiger partial charge is 0.346 e. The van der Waals surface area contributed by atoms with E-state index in [1.807, 2.05) is 0 Å². The Hall–Kier alpha value is -2.09. The van der Waals surface area contributed by atoms with Gasteiger partial charge in [-0.1, -0.05) is 26.0 Å². The van der Waals surface area contributed by atoms with Crippen LogP contribution < -0.4 is 11.1 Å². The molecular weight excluding hydrogens is 347 g/mol. The third-order valence-electron chi connectivity index (χ3n) is 4.26. The second-order valence-corrected chi connectivity index (χ2v) is 6.47. The maximum absolute atomic E-state index is 12.9. The van der Waals surface area contributed by atoms with Crippen molar-refractivity contribution in [1.82, 2.24) is 10.2 Å². The summed E-state index contributed by atoms with van der Waals surface area (Å²) in [6.07, 6.45) is -4.45. The molecular formula is C18H26F3N3O2. The van der Waals surface area contributed by atoms with Crippen molar-refractivity contribution in [3.63, 3.8) is 0 Å². The van der Waals surface area contributed by atoms with Gasteiger partial charge in [-0.15, -0.1) is 0 Å². The lowest BCUT2D eigenvalue weighted by Crippen LogP contribution is -2.48. The van der Waals surface area contributed by atoms with Gasteiger partial charge in [-0.2, -0.15) is 13.2 Å². The van der Waals surface area contributed by atoms with Crippen molar-refractivity contribution >= 4 is 11.8 Å². The minimum Gasteiger partial charge on any atom is -0.346 e. The third kappa shape index (κ3) is 5.72. The zero-order chi connectivity index (χ0) is 20.1. The van der Waals surface area contributed by atoms with Gasteiger partial charge in [-0.25, -0.2) is 0 Å². The third-order valence-corrected chi connectivity index (χ3v) is 4.26. The van der Waals surface area contributed by atoms with E-state index in [2.05, 4.69) is 5.32 Å². The number of benzene rings is 1. The molecule has 0 spiro atoms. The fourth-order valence-corrected chi connectivity index (χ4v) is 2.51. The van der Waals surface area contributed by atoms with Gasteiger partial charge >= 0.3 is 6.18 Å². The van der Waals surface area contributed by atoms with Crippen molar-refractivity contribution in [3.8, 4) is 0 Å². The number of halogens is 3. The lowest BCUT2D eigenvalue weighted by atomic mass is 10.0.